The van der Waals surface area contributed by atoms with Gasteiger partial charge in [0.2, 0.25) is 0 Å². The van der Waals surface area contributed by atoms with Gasteiger partial charge >= 0.3 is 41.8 Å². The lowest BCUT2D eigenvalue weighted by Crippen LogP contribution is -2.31. The van der Waals surface area contributed by atoms with Crippen molar-refractivity contribution in [3.8, 4) is 0 Å². The van der Waals surface area contributed by atoms with E-state index in [0.717, 1.165) is 77.0 Å². The maximum absolute atomic E-state index is 12.5. The van der Waals surface area contributed by atoms with Gasteiger partial charge in [-0.05, 0) is 32.1 Å². The second-order valence-corrected chi connectivity index (χ2v) is 25.0. The molecule has 536 valence electrons. The summed E-state index contributed by atoms with van der Waals surface area (Å²) >= 11 is 0. The highest BCUT2D eigenvalue weighted by Crippen LogP contribution is 2.18. The number of esters is 7. The summed E-state index contributed by atoms with van der Waals surface area (Å²) in [5.41, 5.74) is 0. The van der Waals surface area contributed by atoms with Gasteiger partial charge in [0.1, 0.15) is 33.0 Å². The Morgan fingerprint density at radius 3 is 0.692 bits per heavy atom. The molecule has 0 saturated carbocycles. The minimum absolute atomic E-state index is 0.0609. The van der Waals surface area contributed by atoms with Crippen molar-refractivity contribution in [2.75, 3.05) is 59.5 Å². The average molecular weight is 1300 g/mol. The zero-order chi connectivity index (χ0) is 67.0. The first kappa shape index (κ1) is 89.2. The van der Waals surface area contributed by atoms with Gasteiger partial charge in [-0.2, -0.15) is 0 Å². The quantitative estimate of drug-likeness (QED) is 0.0327. The van der Waals surface area contributed by atoms with E-state index in [4.69, 9.17) is 48.1 Å². The fourth-order valence-electron chi connectivity index (χ4n) is 10.4. The molecule has 0 aromatic rings. The molecule has 17 heteroatoms. The van der Waals surface area contributed by atoms with Gasteiger partial charge in [-0.15, -0.1) is 0 Å². The first-order valence-electron chi connectivity index (χ1n) is 37.4. The molecule has 0 heterocycles. The number of carbonyl (C=O) groups is 7. The Bertz CT molecular complexity index is 1640. The topological polar surface area (TPSA) is 234 Å². The van der Waals surface area contributed by atoms with Crippen LogP contribution in [0.2, 0.25) is 0 Å². The van der Waals surface area contributed by atoms with E-state index in [2.05, 4.69) is 27.7 Å². The lowest BCUT2D eigenvalue weighted by molar-refractivity contribution is -0.167. The second-order valence-electron chi connectivity index (χ2n) is 25.0. The summed E-state index contributed by atoms with van der Waals surface area (Å²) in [5.74, 6) is -3.14. The van der Waals surface area contributed by atoms with Crippen LogP contribution in [0.4, 0.5) is 0 Å². The van der Waals surface area contributed by atoms with Crippen LogP contribution in [-0.2, 0) is 71.5 Å². The number of carbonyl (C=O) groups excluding carboxylic acids is 7. The largest absolute Gasteiger partial charge is 0.463 e. The number of ether oxygens (including phenoxy) is 8. The van der Waals surface area contributed by atoms with E-state index >= 15 is 0 Å². The summed E-state index contributed by atoms with van der Waals surface area (Å²) in [6, 6.07) is 0. The van der Waals surface area contributed by atoms with Crippen LogP contribution in [-0.4, -0.2) is 124 Å². The van der Waals surface area contributed by atoms with Gasteiger partial charge in [0.05, 0.1) is 32.7 Å². The molecule has 2 unspecified atom stereocenters. The van der Waals surface area contributed by atoms with Crippen LogP contribution in [0.15, 0.2) is 0 Å². The molecular weight excluding hydrogens is 1160 g/mol. The molecule has 0 saturated heterocycles. The van der Waals surface area contributed by atoms with Crippen molar-refractivity contribution in [3.05, 3.63) is 0 Å². The molecule has 0 spiro atoms. The molecule has 0 aliphatic rings. The third-order valence-electron chi connectivity index (χ3n) is 16.0. The highest BCUT2D eigenvalue weighted by Gasteiger charge is 2.22. The summed E-state index contributed by atoms with van der Waals surface area (Å²) < 4.78 is 42.3. The molecule has 0 amide bonds. The number of hydrogen-bond donors (Lipinski definition) is 2. The summed E-state index contributed by atoms with van der Waals surface area (Å²) in [6.45, 7) is 8.32. The summed E-state index contributed by atoms with van der Waals surface area (Å²) in [4.78, 5) is 85.6. The molecule has 0 aliphatic heterocycles. The average Bonchev–Trinajstić information content (AvgIpc) is 3.76. The van der Waals surface area contributed by atoms with Gasteiger partial charge in [-0.3, -0.25) is 33.6 Å². The van der Waals surface area contributed by atoms with Crippen molar-refractivity contribution < 1.29 is 81.7 Å². The molecule has 0 radical (unpaired) electrons. The Morgan fingerprint density at radius 2 is 0.440 bits per heavy atom. The first-order chi connectivity index (χ1) is 44.4. The Kier molecular flexibility index (Phi) is 72.1. The van der Waals surface area contributed by atoms with E-state index < -0.39 is 36.1 Å². The van der Waals surface area contributed by atoms with Gasteiger partial charge in [0.15, 0.2) is 12.2 Å². The first-order valence-corrected chi connectivity index (χ1v) is 37.4. The summed E-state index contributed by atoms with van der Waals surface area (Å²) in [7, 11) is 0. The molecule has 0 bridgehead atoms. The fourth-order valence-corrected chi connectivity index (χ4v) is 10.4. The molecule has 2 N–H and O–H groups in total. The van der Waals surface area contributed by atoms with Gasteiger partial charge in [-0.1, -0.05) is 285 Å². The minimum atomic E-state index is -0.910. The highest BCUT2D eigenvalue weighted by atomic mass is 16.6. The van der Waals surface area contributed by atoms with E-state index in [1.54, 1.807) is 0 Å². The van der Waals surface area contributed by atoms with Crippen LogP contribution < -0.4 is 0 Å². The van der Waals surface area contributed by atoms with Crippen LogP contribution in [0.3, 0.4) is 0 Å². The molecule has 0 rings (SSSR count). The molecule has 17 nitrogen and oxygen atoms in total. The molecule has 0 aromatic heterocycles. The molecule has 0 aliphatic carbocycles. The van der Waals surface area contributed by atoms with E-state index in [0.29, 0.717) is 32.3 Å². The Hall–Kier alpha value is -3.83. The third-order valence-corrected chi connectivity index (χ3v) is 16.0. The van der Waals surface area contributed by atoms with E-state index in [1.165, 1.54) is 205 Å². The van der Waals surface area contributed by atoms with Crippen LogP contribution in [0.1, 0.15) is 362 Å². The molecule has 2 atom stereocenters. The van der Waals surface area contributed by atoms with E-state index in [1.807, 2.05) is 0 Å². The zero-order valence-corrected chi connectivity index (χ0v) is 58.8. The SMILES string of the molecule is CCCCCCCCCCCCCC(=O)OCC(COC(=O)CCC(=O)OCCO)OC(=O)CCCCCCCCCCCCC.CCCCCCCCCCCCCC(=O)OCC(COC(=O)CCCOCCO)OC(=O)CCCCCCCCCCCCC. The smallest absolute Gasteiger partial charge is 0.306 e. The van der Waals surface area contributed by atoms with Gasteiger partial charge < -0.3 is 48.1 Å². The predicted octanol–water partition coefficient (Wildman–Crippen LogP) is 17.9. The number of rotatable bonds is 69. The fraction of sp³-hybridized carbons (Fsp3) is 0.905. The molecular formula is C74H138O17. The number of hydrogen-bond acceptors (Lipinski definition) is 17. The van der Waals surface area contributed by atoms with Crippen LogP contribution >= 0.6 is 0 Å². The Labute approximate surface area is 554 Å². The molecule has 0 fully saturated rings. The standard InChI is InChI=1S/C37H68O9.C37H70O8/c1-3-5-7-9-11-13-15-17-19-21-23-25-34(39)44-31-33(32-45-36(41)28-27-35(40)43-30-29-38)46-37(42)26-24-22-20-18-16-14-12-10-8-6-4-2;1-3-5-7-9-11-13-15-17-19-21-23-26-35(39)43-32-34(33-44-36(40)28-25-30-42-31-29-38)45-37(41)27-24-22-20-18-16-14-12-10-8-6-4-2/h33,38H,3-32H2,1-2H3;34,38H,3-33H2,1-2H3. The van der Waals surface area contributed by atoms with E-state index in [9.17, 15) is 33.6 Å². The van der Waals surface area contributed by atoms with E-state index in [-0.39, 0.29) is 96.4 Å². The van der Waals surface area contributed by atoms with Crippen molar-refractivity contribution in [3.63, 3.8) is 0 Å². The lowest BCUT2D eigenvalue weighted by Gasteiger charge is -2.18. The maximum Gasteiger partial charge on any atom is 0.306 e. The van der Waals surface area contributed by atoms with Crippen molar-refractivity contribution in [1.82, 2.24) is 0 Å². The normalized spacial score (nSPS) is 11.7. The minimum Gasteiger partial charge on any atom is -0.463 e. The Balaban J connectivity index is 0. The van der Waals surface area contributed by atoms with Crippen LogP contribution in [0.5, 0.6) is 0 Å². The summed E-state index contributed by atoms with van der Waals surface area (Å²) in [6.07, 6.45) is 52.3. The van der Waals surface area contributed by atoms with Gasteiger partial charge in [-0.25, -0.2) is 0 Å². The third kappa shape index (κ3) is 71.9. The molecule has 0 aromatic carbocycles. The van der Waals surface area contributed by atoms with Crippen molar-refractivity contribution in [1.29, 1.82) is 0 Å². The van der Waals surface area contributed by atoms with Crippen molar-refractivity contribution >= 4 is 41.8 Å². The zero-order valence-electron chi connectivity index (χ0n) is 58.8. The van der Waals surface area contributed by atoms with Crippen molar-refractivity contribution in [2.45, 2.75) is 374 Å². The lowest BCUT2D eigenvalue weighted by atomic mass is 10.1. The highest BCUT2D eigenvalue weighted by molar-refractivity contribution is 5.77. The molecule has 91 heavy (non-hydrogen) atoms. The van der Waals surface area contributed by atoms with Crippen molar-refractivity contribution in [2.24, 2.45) is 0 Å². The van der Waals surface area contributed by atoms with Crippen LogP contribution in [0, 0.1) is 0 Å². The monoisotopic (exact) mass is 1300 g/mol. The number of aliphatic hydroxyl groups is 2. The number of aliphatic hydroxyl groups excluding tert-OH is 2. The van der Waals surface area contributed by atoms with Gasteiger partial charge in [0.25, 0.3) is 0 Å². The maximum atomic E-state index is 12.5. The second kappa shape index (κ2) is 73.6. The predicted molar refractivity (Wildman–Crippen MR) is 362 cm³/mol. The summed E-state index contributed by atoms with van der Waals surface area (Å²) in [5, 5.41) is 17.5. The Morgan fingerprint density at radius 1 is 0.231 bits per heavy atom. The van der Waals surface area contributed by atoms with Gasteiger partial charge in [0, 0.05) is 38.7 Å². The number of unbranched alkanes of at least 4 members (excludes halogenated alkanes) is 40. The van der Waals surface area contributed by atoms with Crippen LogP contribution in [0.25, 0.3) is 0 Å².